The van der Waals surface area contributed by atoms with Crippen molar-refractivity contribution >= 4 is 27.9 Å². The quantitative estimate of drug-likeness (QED) is 0.806. The molecule has 0 bridgehead atoms. The first-order valence-corrected chi connectivity index (χ1v) is 6.26. The van der Waals surface area contributed by atoms with Crippen molar-refractivity contribution in [3.63, 3.8) is 0 Å². The van der Waals surface area contributed by atoms with Crippen LogP contribution in [0.4, 0.5) is 4.79 Å². The predicted molar refractivity (Wildman–Crippen MR) is 72.5 cm³/mol. The van der Waals surface area contributed by atoms with E-state index in [1.54, 1.807) is 31.8 Å². The van der Waals surface area contributed by atoms with Crippen LogP contribution in [0.1, 0.15) is 10.5 Å². The van der Waals surface area contributed by atoms with Crippen LogP contribution in [0.5, 0.6) is 0 Å². The van der Waals surface area contributed by atoms with Gasteiger partial charge in [0.05, 0.1) is 0 Å². The molecule has 0 atom stereocenters. The van der Waals surface area contributed by atoms with E-state index < -0.39 is 0 Å². The van der Waals surface area contributed by atoms with Gasteiger partial charge in [-0.3, -0.25) is 4.79 Å². The van der Waals surface area contributed by atoms with Crippen molar-refractivity contribution in [1.82, 2.24) is 20.1 Å². The lowest BCUT2D eigenvalue weighted by atomic mass is 10.4. The summed E-state index contributed by atoms with van der Waals surface area (Å²) in [6, 6.07) is 1.57. The van der Waals surface area contributed by atoms with Gasteiger partial charge in [0.15, 0.2) is 0 Å². The molecule has 2 N–H and O–H groups in total. The number of aryl methyl sites for hydroxylation is 1. The van der Waals surface area contributed by atoms with Crippen molar-refractivity contribution in [3.8, 4) is 0 Å². The number of urea groups is 1. The van der Waals surface area contributed by atoms with Gasteiger partial charge in [-0.25, -0.2) is 4.79 Å². The van der Waals surface area contributed by atoms with E-state index in [1.165, 1.54) is 4.90 Å². The molecule has 1 aromatic rings. The number of hydrogen-bond donors (Lipinski definition) is 2. The number of nitrogens with zero attached hydrogens (tertiary/aromatic N) is 2. The summed E-state index contributed by atoms with van der Waals surface area (Å²) in [6.07, 6.45) is 1.81. The molecule has 0 fully saturated rings. The molecule has 1 rings (SSSR count). The van der Waals surface area contributed by atoms with Gasteiger partial charge in [-0.1, -0.05) is 0 Å². The second-order valence-electron chi connectivity index (χ2n) is 4.04. The van der Waals surface area contributed by atoms with Crippen molar-refractivity contribution in [2.75, 3.05) is 27.2 Å². The average Bonchev–Trinajstić information content (AvgIpc) is 2.63. The monoisotopic (exact) mass is 316 g/mol. The first-order chi connectivity index (χ1) is 8.41. The number of amides is 3. The number of carbonyl (C=O) groups is 2. The topological polar surface area (TPSA) is 66.4 Å². The van der Waals surface area contributed by atoms with E-state index in [2.05, 4.69) is 26.6 Å². The summed E-state index contributed by atoms with van der Waals surface area (Å²) in [6.45, 7) is 0.787. The van der Waals surface area contributed by atoms with E-state index >= 15 is 0 Å². The molecule has 7 heteroatoms. The number of nitrogens with one attached hydrogen (secondary N) is 2. The van der Waals surface area contributed by atoms with E-state index in [0.29, 0.717) is 18.8 Å². The highest BCUT2D eigenvalue weighted by molar-refractivity contribution is 9.10. The molecular weight excluding hydrogens is 300 g/mol. The number of rotatable bonds is 4. The summed E-state index contributed by atoms with van der Waals surface area (Å²) in [4.78, 5) is 24.4. The lowest BCUT2D eigenvalue weighted by Gasteiger charge is -2.12. The summed E-state index contributed by atoms with van der Waals surface area (Å²) in [5.41, 5.74) is 0.570. The van der Waals surface area contributed by atoms with Crippen LogP contribution < -0.4 is 10.6 Å². The molecule has 100 valence electrons. The van der Waals surface area contributed by atoms with Crippen LogP contribution in [0.2, 0.25) is 0 Å². The van der Waals surface area contributed by atoms with Gasteiger partial charge in [0, 0.05) is 44.9 Å². The van der Waals surface area contributed by atoms with Gasteiger partial charge in [0.1, 0.15) is 5.69 Å². The first kappa shape index (κ1) is 14.6. The van der Waals surface area contributed by atoms with Crippen molar-refractivity contribution in [3.05, 3.63) is 22.4 Å². The Balaban J connectivity index is 2.34. The Bertz CT molecular complexity index is 442. The standard InChI is InChI=1S/C11H17BrN4O2/c1-15(2)11(18)14-5-4-13-10(17)9-6-8(12)7-16(9)3/h6-7H,4-5H2,1-3H3,(H,13,17)(H,14,18). The predicted octanol–water partition coefficient (Wildman–Crippen LogP) is 0.789. The zero-order valence-corrected chi connectivity index (χ0v) is 12.2. The Morgan fingerprint density at radius 1 is 1.33 bits per heavy atom. The maximum Gasteiger partial charge on any atom is 0.316 e. The maximum absolute atomic E-state index is 11.8. The van der Waals surface area contributed by atoms with Crippen LogP contribution in [0.25, 0.3) is 0 Å². The summed E-state index contributed by atoms with van der Waals surface area (Å²) >= 11 is 3.30. The molecule has 0 aliphatic rings. The molecule has 0 radical (unpaired) electrons. The molecule has 0 unspecified atom stereocenters. The molecule has 1 heterocycles. The van der Waals surface area contributed by atoms with E-state index in [9.17, 15) is 9.59 Å². The molecule has 0 saturated carbocycles. The Hall–Kier alpha value is -1.50. The summed E-state index contributed by atoms with van der Waals surface area (Å²) in [5, 5.41) is 5.40. The van der Waals surface area contributed by atoms with E-state index in [0.717, 1.165) is 4.47 Å². The van der Waals surface area contributed by atoms with E-state index in [-0.39, 0.29) is 11.9 Å². The van der Waals surface area contributed by atoms with Gasteiger partial charge in [-0.2, -0.15) is 0 Å². The van der Waals surface area contributed by atoms with Crippen LogP contribution in [0.3, 0.4) is 0 Å². The Kier molecular flexibility index (Phi) is 5.21. The maximum atomic E-state index is 11.8. The molecule has 0 aliphatic heterocycles. The van der Waals surface area contributed by atoms with Gasteiger partial charge in [-0.15, -0.1) is 0 Å². The summed E-state index contributed by atoms with van der Waals surface area (Å²) < 4.78 is 2.59. The van der Waals surface area contributed by atoms with Crippen molar-refractivity contribution in [1.29, 1.82) is 0 Å². The molecule has 0 saturated heterocycles. The molecule has 6 nitrogen and oxygen atoms in total. The normalized spacial score (nSPS) is 10.0. The highest BCUT2D eigenvalue weighted by atomic mass is 79.9. The SMILES string of the molecule is CN(C)C(=O)NCCNC(=O)c1cc(Br)cn1C. The van der Waals surface area contributed by atoms with E-state index in [1.807, 2.05) is 6.20 Å². The van der Waals surface area contributed by atoms with Crippen molar-refractivity contribution in [2.24, 2.45) is 7.05 Å². The molecule has 3 amide bonds. The Morgan fingerprint density at radius 2 is 1.94 bits per heavy atom. The summed E-state index contributed by atoms with van der Waals surface area (Å²) in [7, 11) is 5.12. The minimum atomic E-state index is -0.175. The third kappa shape index (κ3) is 4.06. The zero-order chi connectivity index (χ0) is 13.7. The summed E-state index contributed by atoms with van der Waals surface area (Å²) in [5.74, 6) is -0.165. The van der Waals surface area contributed by atoms with Crippen LogP contribution in [-0.4, -0.2) is 48.6 Å². The van der Waals surface area contributed by atoms with Crippen LogP contribution in [0.15, 0.2) is 16.7 Å². The minimum absolute atomic E-state index is 0.165. The fourth-order valence-corrected chi connectivity index (χ4v) is 1.87. The smallest absolute Gasteiger partial charge is 0.316 e. The van der Waals surface area contributed by atoms with Gasteiger partial charge in [0.2, 0.25) is 0 Å². The number of carbonyl (C=O) groups excluding carboxylic acids is 2. The fraction of sp³-hybridized carbons (Fsp3) is 0.455. The molecule has 0 spiro atoms. The number of halogens is 1. The molecular formula is C11H17BrN4O2. The third-order valence-electron chi connectivity index (χ3n) is 2.30. The Labute approximate surface area is 114 Å². The second kappa shape index (κ2) is 6.44. The highest BCUT2D eigenvalue weighted by Gasteiger charge is 2.10. The second-order valence-corrected chi connectivity index (χ2v) is 4.95. The van der Waals surface area contributed by atoms with Crippen LogP contribution >= 0.6 is 15.9 Å². The van der Waals surface area contributed by atoms with Gasteiger partial charge in [-0.05, 0) is 22.0 Å². The highest BCUT2D eigenvalue weighted by Crippen LogP contribution is 2.13. The lowest BCUT2D eigenvalue weighted by molar-refractivity contribution is 0.0945. The first-order valence-electron chi connectivity index (χ1n) is 5.47. The minimum Gasteiger partial charge on any atom is -0.349 e. The fourth-order valence-electron chi connectivity index (χ4n) is 1.34. The number of aromatic nitrogens is 1. The van der Waals surface area contributed by atoms with E-state index in [4.69, 9.17) is 0 Å². The molecule has 1 aromatic heterocycles. The molecule has 0 aliphatic carbocycles. The molecule has 0 aromatic carbocycles. The van der Waals surface area contributed by atoms with Gasteiger partial charge < -0.3 is 20.1 Å². The van der Waals surface area contributed by atoms with Gasteiger partial charge >= 0.3 is 6.03 Å². The zero-order valence-electron chi connectivity index (χ0n) is 10.7. The van der Waals surface area contributed by atoms with Crippen LogP contribution in [0, 0.1) is 0 Å². The number of hydrogen-bond acceptors (Lipinski definition) is 2. The average molecular weight is 317 g/mol. The van der Waals surface area contributed by atoms with Crippen molar-refractivity contribution < 1.29 is 9.59 Å². The van der Waals surface area contributed by atoms with Gasteiger partial charge in [0.25, 0.3) is 5.91 Å². The lowest BCUT2D eigenvalue weighted by Crippen LogP contribution is -2.39. The molecule has 18 heavy (non-hydrogen) atoms. The van der Waals surface area contributed by atoms with Crippen molar-refractivity contribution in [2.45, 2.75) is 0 Å². The van der Waals surface area contributed by atoms with Crippen LogP contribution in [-0.2, 0) is 7.05 Å². The largest absolute Gasteiger partial charge is 0.349 e. The Morgan fingerprint density at radius 3 is 2.44 bits per heavy atom. The third-order valence-corrected chi connectivity index (χ3v) is 2.73.